The van der Waals surface area contributed by atoms with Crippen molar-refractivity contribution >= 4 is 23.7 Å². The molecule has 6 aliphatic rings. The molecule has 1 heterocycles. The Morgan fingerprint density at radius 2 is 1.40 bits per heavy atom. The number of esters is 3. The van der Waals surface area contributed by atoms with Crippen molar-refractivity contribution in [3.63, 3.8) is 0 Å². The zero-order valence-electron chi connectivity index (χ0n) is 37.4. The number of aryl methyl sites for hydroxylation is 1. The normalized spacial score (nSPS) is 37.5. The van der Waals surface area contributed by atoms with Crippen molar-refractivity contribution in [1.29, 1.82) is 0 Å². The van der Waals surface area contributed by atoms with Crippen LogP contribution in [-0.2, 0) is 40.0 Å². The average molecular weight is 847 g/mol. The molecule has 5 saturated carbocycles. The van der Waals surface area contributed by atoms with Crippen molar-refractivity contribution in [1.82, 2.24) is 0 Å². The van der Waals surface area contributed by atoms with Crippen LogP contribution in [0.1, 0.15) is 141 Å². The molecule has 0 spiro atoms. The molecule has 0 amide bonds. The number of rotatable bonds is 9. The van der Waals surface area contributed by atoms with Gasteiger partial charge in [0.25, 0.3) is 0 Å². The van der Waals surface area contributed by atoms with E-state index in [0.717, 1.165) is 43.2 Å². The summed E-state index contributed by atoms with van der Waals surface area (Å²) in [5.74, 6) is -2.33. The second-order valence-corrected chi connectivity index (χ2v) is 21.4. The third-order valence-corrected chi connectivity index (χ3v) is 17.9. The SMILES string of the molecule is Cc1oc(=O)oc1COC(=O)[C@]1(C)[C@@H](OC(=O)C2CC2)CC[C@]2(C)C3C(=O)C=C4[C@@H]5C[C@@](C)(C(=O)OC(c6ccccc6)c6ccccc6)CC[C@]5(C)CC[C@@]4(C)[C@]3(C)CC[C@@H]12. The van der Waals surface area contributed by atoms with Crippen molar-refractivity contribution in [3.05, 3.63) is 106 Å². The second kappa shape index (κ2) is 14.9. The van der Waals surface area contributed by atoms with Gasteiger partial charge < -0.3 is 23.0 Å². The van der Waals surface area contributed by atoms with E-state index in [9.17, 15) is 19.2 Å². The van der Waals surface area contributed by atoms with Crippen LogP contribution in [0.4, 0.5) is 0 Å². The predicted molar refractivity (Wildman–Crippen MR) is 229 cm³/mol. The van der Waals surface area contributed by atoms with Crippen molar-refractivity contribution in [2.45, 2.75) is 138 Å². The largest absolute Gasteiger partial charge is 0.519 e. The molecule has 330 valence electrons. The third-order valence-electron chi connectivity index (χ3n) is 17.9. The molecule has 10 nitrogen and oxygen atoms in total. The first kappa shape index (κ1) is 42.6. The van der Waals surface area contributed by atoms with Crippen LogP contribution < -0.4 is 5.82 Å². The average Bonchev–Trinajstić information content (AvgIpc) is 4.05. The highest BCUT2D eigenvalue weighted by Crippen LogP contribution is 2.75. The minimum Gasteiger partial charge on any atom is -0.461 e. The number of hydrogen-bond acceptors (Lipinski definition) is 10. The van der Waals surface area contributed by atoms with Crippen molar-refractivity contribution in [2.75, 3.05) is 0 Å². The maximum Gasteiger partial charge on any atom is 0.519 e. The minimum atomic E-state index is -1.27. The number of carbonyl (C=O) groups is 4. The smallest absolute Gasteiger partial charge is 0.461 e. The molecule has 5 fully saturated rings. The summed E-state index contributed by atoms with van der Waals surface area (Å²) in [6, 6.07) is 19.8. The van der Waals surface area contributed by atoms with Gasteiger partial charge in [0.05, 0.1) is 11.3 Å². The highest BCUT2D eigenvalue weighted by molar-refractivity contribution is 5.96. The minimum absolute atomic E-state index is 0.0101. The molecule has 3 aromatic rings. The lowest BCUT2D eigenvalue weighted by Crippen LogP contribution is -2.68. The predicted octanol–water partition coefficient (Wildman–Crippen LogP) is 10.2. The van der Waals surface area contributed by atoms with Gasteiger partial charge in [0, 0.05) is 5.92 Å². The Morgan fingerprint density at radius 1 is 0.758 bits per heavy atom. The first-order valence-electron chi connectivity index (χ1n) is 22.9. The first-order valence-corrected chi connectivity index (χ1v) is 22.9. The summed E-state index contributed by atoms with van der Waals surface area (Å²) in [6.07, 6.45) is 8.67. The van der Waals surface area contributed by atoms with Crippen molar-refractivity contribution in [3.8, 4) is 0 Å². The Kier molecular flexibility index (Phi) is 10.3. The van der Waals surface area contributed by atoms with E-state index in [1.165, 1.54) is 5.57 Å². The van der Waals surface area contributed by atoms with Crippen LogP contribution in [0.2, 0.25) is 0 Å². The molecule has 0 radical (unpaired) electrons. The van der Waals surface area contributed by atoms with Gasteiger partial charge in [0.1, 0.15) is 11.5 Å². The molecule has 0 bridgehead atoms. The fourth-order valence-corrected chi connectivity index (χ4v) is 13.7. The van der Waals surface area contributed by atoms with Gasteiger partial charge in [0.2, 0.25) is 0 Å². The number of benzene rings is 2. The maximum absolute atomic E-state index is 15.3. The van der Waals surface area contributed by atoms with Crippen molar-refractivity contribution in [2.24, 2.45) is 56.2 Å². The number of allylic oxidation sites excluding steroid dienone is 2. The van der Waals surface area contributed by atoms with Gasteiger partial charge in [-0.05, 0) is 142 Å². The van der Waals surface area contributed by atoms with E-state index < -0.39 is 51.6 Å². The number of ketones is 1. The van der Waals surface area contributed by atoms with Crippen LogP contribution in [0, 0.1) is 63.1 Å². The van der Waals surface area contributed by atoms with Gasteiger partial charge in [-0.15, -0.1) is 0 Å². The van der Waals surface area contributed by atoms with Gasteiger partial charge in [-0.1, -0.05) is 93.9 Å². The fraction of sp³-hybridized carbons (Fsp3) is 0.596. The Bertz CT molecular complexity index is 2320. The molecule has 10 heteroatoms. The molecular formula is C52H62O10. The zero-order chi connectivity index (χ0) is 44.0. The maximum atomic E-state index is 15.3. The van der Waals surface area contributed by atoms with Crippen LogP contribution in [0.5, 0.6) is 0 Å². The molecule has 2 aromatic carbocycles. The Morgan fingerprint density at radius 3 is 2.02 bits per heavy atom. The highest BCUT2D eigenvalue weighted by atomic mass is 16.6. The summed E-state index contributed by atoms with van der Waals surface area (Å²) < 4.78 is 28.9. The van der Waals surface area contributed by atoms with E-state index in [4.69, 9.17) is 23.0 Å². The van der Waals surface area contributed by atoms with Gasteiger partial charge in [0.15, 0.2) is 30.0 Å². The van der Waals surface area contributed by atoms with E-state index in [2.05, 4.69) is 34.6 Å². The van der Waals surface area contributed by atoms with Crippen LogP contribution in [0.25, 0.3) is 0 Å². The van der Waals surface area contributed by atoms with Crippen LogP contribution in [0.15, 0.2) is 85.9 Å². The highest BCUT2D eigenvalue weighted by Gasteiger charge is 2.72. The fourth-order valence-electron chi connectivity index (χ4n) is 13.7. The summed E-state index contributed by atoms with van der Waals surface area (Å²) in [5, 5.41) is 0. The zero-order valence-corrected chi connectivity index (χ0v) is 37.4. The molecule has 6 aliphatic carbocycles. The topological polar surface area (TPSA) is 139 Å². The van der Waals surface area contributed by atoms with Gasteiger partial charge in [-0.3, -0.25) is 19.2 Å². The molecule has 9 rings (SSSR count). The lowest BCUT2D eigenvalue weighted by atomic mass is 9.33. The quantitative estimate of drug-likeness (QED) is 0.151. The van der Waals surface area contributed by atoms with E-state index in [-0.39, 0.29) is 64.4 Å². The first-order chi connectivity index (χ1) is 29.4. The van der Waals surface area contributed by atoms with Crippen LogP contribution in [0.3, 0.4) is 0 Å². The third kappa shape index (κ3) is 6.58. The molecule has 0 aliphatic heterocycles. The molecular weight excluding hydrogens is 785 g/mol. The Balaban J connectivity index is 1.03. The number of carbonyl (C=O) groups excluding carboxylic acids is 4. The molecule has 1 aromatic heterocycles. The monoisotopic (exact) mass is 846 g/mol. The van der Waals surface area contributed by atoms with E-state index in [1.807, 2.05) is 73.7 Å². The molecule has 1 unspecified atom stereocenters. The number of fused-ring (bicyclic) bond motifs is 7. The van der Waals surface area contributed by atoms with Crippen LogP contribution in [-0.4, -0.2) is 29.8 Å². The van der Waals surface area contributed by atoms with Gasteiger partial charge in [-0.2, -0.15) is 0 Å². The summed E-state index contributed by atoms with van der Waals surface area (Å²) in [5.41, 5.74) is -0.500. The van der Waals surface area contributed by atoms with E-state index in [1.54, 1.807) is 6.92 Å². The standard InChI is InChI=1S/C52H62O10/c1-31-38(60-46(57)59-31)30-58-45(56)52(7)39-20-23-51(6)42(49(39,4)22-21-40(52)61-43(54)34-18-19-34)37(53)28-35-36-29-48(3,25-24-47(36,2)26-27-50(35,51)5)44(55)62-41(32-14-10-8-11-15-32)33-16-12-9-13-17-33/h8-17,28,34,36,39-42H,18-27,29-30H2,1-7H3/t36-,39+,40-,42?,47+,48-,49-,50+,51+,52-/m0/s1. The summed E-state index contributed by atoms with van der Waals surface area (Å²) in [6.45, 7) is 14.4. The molecule has 62 heavy (non-hydrogen) atoms. The van der Waals surface area contributed by atoms with Gasteiger partial charge >= 0.3 is 23.7 Å². The van der Waals surface area contributed by atoms with Crippen LogP contribution >= 0.6 is 0 Å². The second-order valence-electron chi connectivity index (χ2n) is 21.4. The lowest BCUT2D eigenvalue weighted by Gasteiger charge is -2.70. The molecule has 0 N–H and O–H groups in total. The molecule has 10 atom stereocenters. The van der Waals surface area contributed by atoms with E-state index in [0.29, 0.717) is 38.5 Å². The number of ether oxygens (including phenoxy) is 3. The number of hydrogen-bond donors (Lipinski definition) is 0. The Labute approximate surface area is 364 Å². The van der Waals surface area contributed by atoms with Crippen molar-refractivity contribution < 1.29 is 42.2 Å². The lowest BCUT2D eigenvalue weighted by molar-refractivity contribution is -0.225. The van der Waals surface area contributed by atoms with Gasteiger partial charge in [-0.25, -0.2) is 4.79 Å². The summed E-state index contributed by atoms with van der Waals surface area (Å²) in [7, 11) is 0. The Hall–Kier alpha value is -4.73. The summed E-state index contributed by atoms with van der Waals surface area (Å²) >= 11 is 0. The summed E-state index contributed by atoms with van der Waals surface area (Å²) in [4.78, 5) is 69.7. The van der Waals surface area contributed by atoms with E-state index >= 15 is 4.79 Å². The molecule has 0 saturated heterocycles.